The first-order valence-electron chi connectivity index (χ1n) is 5.95. The van der Waals surface area contributed by atoms with E-state index < -0.39 is 9.05 Å². The Kier molecular flexibility index (Phi) is 3.07. The minimum absolute atomic E-state index is 0.129. The molecule has 104 valence electrons. The second-order valence-corrected chi connectivity index (χ2v) is 7.06. The summed E-state index contributed by atoms with van der Waals surface area (Å²) in [6, 6.07) is 7.27. The van der Waals surface area contributed by atoms with Crippen molar-refractivity contribution in [2.24, 2.45) is 7.05 Å². The van der Waals surface area contributed by atoms with E-state index in [1.165, 1.54) is 0 Å². The summed E-state index contributed by atoms with van der Waals surface area (Å²) in [5.74, 6) is 0.837. The van der Waals surface area contributed by atoms with Crippen LogP contribution in [0.4, 0.5) is 0 Å². The number of rotatable bonds is 3. The second-order valence-electron chi connectivity index (χ2n) is 4.53. The number of fused-ring (bicyclic) bond motifs is 1. The molecule has 0 aliphatic heterocycles. The molecule has 0 aliphatic carbocycles. The van der Waals surface area contributed by atoms with Gasteiger partial charge in [0, 0.05) is 47.2 Å². The van der Waals surface area contributed by atoms with Crippen molar-refractivity contribution in [1.29, 1.82) is 0 Å². The minimum Gasteiger partial charge on any atom is -0.338 e. The zero-order valence-corrected chi connectivity index (χ0v) is 12.3. The Morgan fingerprint density at radius 1 is 1.30 bits per heavy atom. The molecule has 2 aromatic heterocycles. The molecule has 0 amide bonds. The number of halogens is 1. The Morgan fingerprint density at radius 3 is 2.70 bits per heavy atom. The number of para-hydroxylation sites is 1. The van der Waals surface area contributed by atoms with Crippen LogP contribution in [0.25, 0.3) is 10.9 Å². The molecule has 20 heavy (non-hydrogen) atoms. The SMILES string of the molecule is Cn1ccnc1Cn1cc(S(=O)(=O)Cl)c2ccccc21. The second kappa shape index (κ2) is 4.64. The Balaban J connectivity index is 2.19. The molecule has 3 rings (SSSR count). The summed E-state index contributed by atoms with van der Waals surface area (Å²) in [4.78, 5) is 4.38. The molecule has 0 saturated carbocycles. The summed E-state index contributed by atoms with van der Waals surface area (Å²) in [5, 5.41) is 0.622. The standard InChI is InChI=1S/C13H12ClN3O2S/c1-16-7-6-15-13(16)9-17-8-12(20(14,18)19)10-4-2-3-5-11(10)17/h2-8H,9H2,1H3. The van der Waals surface area contributed by atoms with Gasteiger partial charge in [-0.2, -0.15) is 0 Å². The molecular formula is C13H12ClN3O2S. The molecule has 1 aromatic carbocycles. The van der Waals surface area contributed by atoms with Crippen molar-refractivity contribution < 1.29 is 8.42 Å². The van der Waals surface area contributed by atoms with Crippen LogP contribution in [-0.4, -0.2) is 22.5 Å². The highest BCUT2D eigenvalue weighted by Gasteiger charge is 2.18. The highest BCUT2D eigenvalue weighted by molar-refractivity contribution is 8.14. The maximum Gasteiger partial charge on any atom is 0.263 e. The summed E-state index contributed by atoms with van der Waals surface area (Å²) in [5.41, 5.74) is 0.815. The van der Waals surface area contributed by atoms with Gasteiger partial charge < -0.3 is 9.13 Å². The Bertz CT molecular complexity index is 880. The van der Waals surface area contributed by atoms with Crippen LogP contribution in [0.3, 0.4) is 0 Å². The summed E-state index contributed by atoms with van der Waals surface area (Å²) in [6.07, 6.45) is 5.11. The normalized spacial score (nSPS) is 12.1. The Morgan fingerprint density at radius 2 is 2.05 bits per heavy atom. The fourth-order valence-electron chi connectivity index (χ4n) is 2.24. The number of aromatic nitrogens is 3. The third kappa shape index (κ3) is 2.21. The van der Waals surface area contributed by atoms with Gasteiger partial charge in [0.1, 0.15) is 10.7 Å². The highest BCUT2D eigenvalue weighted by Crippen LogP contribution is 2.28. The van der Waals surface area contributed by atoms with E-state index in [0.29, 0.717) is 11.9 Å². The molecular weight excluding hydrogens is 298 g/mol. The Labute approximate surface area is 120 Å². The molecule has 3 aromatic rings. The quantitative estimate of drug-likeness (QED) is 0.698. The maximum absolute atomic E-state index is 11.7. The van der Waals surface area contributed by atoms with Crippen molar-refractivity contribution in [3.05, 3.63) is 48.7 Å². The van der Waals surface area contributed by atoms with Gasteiger partial charge in [-0.15, -0.1) is 0 Å². The van der Waals surface area contributed by atoms with Crippen molar-refractivity contribution in [3.63, 3.8) is 0 Å². The summed E-state index contributed by atoms with van der Waals surface area (Å²) >= 11 is 0. The minimum atomic E-state index is -3.77. The number of hydrogen-bond donors (Lipinski definition) is 0. The van der Waals surface area contributed by atoms with Gasteiger partial charge in [0.25, 0.3) is 9.05 Å². The number of benzene rings is 1. The van der Waals surface area contributed by atoms with Gasteiger partial charge >= 0.3 is 0 Å². The van der Waals surface area contributed by atoms with E-state index >= 15 is 0 Å². The van der Waals surface area contributed by atoms with Crippen molar-refractivity contribution >= 4 is 30.6 Å². The Hall–Kier alpha value is -1.79. The molecule has 0 atom stereocenters. The molecule has 0 fully saturated rings. The fraction of sp³-hybridized carbons (Fsp3) is 0.154. The van der Waals surface area contributed by atoms with E-state index in [-0.39, 0.29) is 4.90 Å². The van der Waals surface area contributed by atoms with Crippen LogP contribution in [-0.2, 0) is 22.6 Å². The van der Waals surface area contributed by atoms with Crippen LogP contribution in [0.5, 0.6) is 0 Å². The molecule has 0 N–H and O–H groups in total. The number of hydrogen-bond acceptors (Lipinski definition) is 3. The topological polar surface area (TPSA) is 56.9 Å². The first-order valence-corrected chi connectivity index (χ1v) is 8.26. The van der Waals surface area contributed by atoms with Crippen LogP contribution >= 0.6 is 10.7 Å². The summed E-state index contributed by atoms with van der Waals surface area (Å²) in [6.45, 7) is 0.483. The largest absolute Gasteiger partial charge is 0.338 e. The van der Waals surface area contributed by atoms with Gasteiger partial charge in [0.15, 0.2) is 0 Å². The molecule has 0 unspecified atom stereocenters. The average Bonchev–Trinajstić information content (AvgIpc) is 2.95. The van der Waals surface area contributed by atoms with Crippen molar-refractivity contribution in [2.45, 2.75) is 11.4 Å². The van der Waals surface area contributed by atoms with Crippen LogP contribution in [0, 0.1) is 0 Å². The molecule has 0 saturated heterocycles. The van der Waals surface area contributed by atoms with E-state index in [9.17, 15) is 8.42 Å². The van der Waals surface area contributed by atoms with Crippen LogP contribution in [0.2, 0.25) is 0 Å². The van der Waals surface area contributed by atoms with E-state index in [1.807, 2.05) is 34.5 Å². The smallest absolute Gasteiger partial charge is 0.263 e. The molecule has 0 spiro atoms. The highest BCUT2D eigenvalue weighted by atomic mass is 35.7. The van der Waals surface area contributed by atoms with Crippen LogP contribution < -0.4 is 0 Å². The van der Waals surface area contributed by atoms with Crippen LogP contribution in [0.15, 0.2) is 47.8 Å². The molecule has 0 aliphatic rings. The average molecular weight is 310 g/mol. The third-order valence-electron chi connectivity index (χ3n) is 3.25. The van der Waals surface area contributed by atoms with Gasteiger partial charge in [-0.3, -0.25) is 0 Å². The number of imidazole rings is 1. The van der Waals surface area contributed by atoms with Crippen LogP contribution in [0.1, 0.15) is 5.82 Å². The van der Waals surface area contributed by atoms with E-state index in [1.54, 1.807) is 24.5 Å². The lowest BCUT2D eigenvalue weighted by atomic mass is 10.2. The van der Waals surface area contributed by atoms with Crippen molar-refractivity contribution in [2.75, 3.05) is 0 Å². The maximum atomic E-state index is 11.7. The first kappa shape index (κ1) is 13.2. The summed E-state index contributed by atoms with van der Waals surface area (Å²) < 4.78 is 27.1. The molecule has 0 bridgehead atoms. The molecule has 7 heteroatoms. The number of nitrogens with zero attached hydrogens (tertiary/aromatic N) is 3. The molecule has 5 nitrogen and oxygen atoms in total. The van der Waals surface area contributed by atoms with Crippen molar-refractivity contribution in [3.8, 4) is 0 Å². The van der Waals surface area contributed by atoms with Gasteiger partial charge in [-0.25, -0.2) is 13.4 Å². The third-order valence-corrected chi connectivity index (χ3v) is 4.60. The van der Waals surface area contributed by atoms with Crippen molar-refractivity contribution in [1.82, 2.24) is 14.1 Å². The fourth-order valence-corrected chi connectivity index (χ4v) is 3.30. The lowest BCUT2D eigenvalue weighted by molar-refractivity contribution is 0.609. The van der Waals surface area contributed by atoms with Gasteiger partial charge in [-0.1, -0.05) is 18.2 Å². The molecule has 0 radical (unpaired) electrons. The zero-order valence-electron chi connectivity index (χ0n) is 10.7. The van der Waals surface area contributed by atoms with Gasteiger partial charge in [0.05, 0.1) is 6.54 Å². The van der Waals surface area contributed by atoms with Gasteiger partial charge in [-0.05, 0) is 6.07 Å². The summed E-state index contributed by atoms with van der Waals surface area (Å²) in [7, 11) is 3.62. The predicted molar refractivity (Wildman–Crippen MR) is 77.3 cm³/mol. The lowest BCUT2D eigenvalue weighted by Crippen LogP contribution is -2.04. The monoisotopic (exact) mass is 309 g/mol. The van der Waals surface area contributed by atoms with E-state index in [2.05, 4.69) is 4.98 Å². The molecule has 2 heterocycles. The first-order chi connectivity index (χ1) is 9.47. The number of aryl methyl sites for hydroxylation is 1. The van der Waals surface area contributed by atoms with E-state index in [0.717, 1.165) is 11.3 Å². The van der Waals surface area contributed by atoms with Gasteiger partial charge in [0.2, 0.25) is 0 Å². The lowest BCUT2D eigenvalue weighted by Gasteiger charge is -2.05. The van der Waals surface area contributed by atoms with E-state index in [4.69, 9.17) is 10.7 Å². The zero-order chi connectivity index (χ0) is 14.3. The predicted octanol–water partition coefficient (Wildman–Crippen LogP) is 2.35.